The second-order valence-corrected chi connectivity index (χ2v) is 7.60. The molecule has 0 fully saturated rings. The van der Waals surface area contributed by atoms with Crippen LogP contribution in [0.3, 0.4) is 0 Å². The third kappa shape index (κ3) is 1.96. The Morgan fingerprint density at radius 3 is 2.46 bits per heavy atom. The summed E-state index contributed by atoms with van der Waals surface area (Å²) < 4.78 is -0.563. The van der Waals surface area contributed by atoms with E-state index < -0.39 is 4.65 Å². The Bertz CT molecular complexity index is 1340. The summed E-state index contributed by atoms with van der Waals surface area (Å²) >= 11 is 6.10. The van der Waals surface area contributed by atoms with Crippen LogP contribution in [0, 0.1) is 5.21 Å². The monoisotopic (exact) mass is 382 g/mol. The second kappa shape index (κ2) is 5.46. The predicted octanol–water partition coefficient (Wildman–Crippen LogP) is 4.46. The van der Waals surface area contributed by atoms with Crippen LogP contribution >= 0.6 is 11.6 Å². The van der Waals surface area contributed by atoms with Gasteiger partial charge < -0.3 is 10.1 Å². The Balaban J connectivity index is 1.73. The van der Waals surface area contributed by atoms with E-state index in [1.165, 1.54) is 0 Å². The van der Waals surface area contributed by atoms with E-state index in [0.717, 1.165) is 44.3 Å². The number of hydroxylamine groups is 2. The molecule has 1 atom stereocenters. The molecule has 0 amide bonds. The molecule has 0 saturated carbocycles. The molecule has 3 aromatic rings. The zero-order chi connectivity index (χ0) is 18.9. The average Bonchev–Trinajstić information content (AvgIpc) is 2.98. The molecule has 4 heteroatoms. The van der Waals surface area contributed by atoms with E-state index in [2.05, 4.69) is 11.0 Å². The molecule has 1 unspecified atom stereocenters. The fourth-order valence-corrected chi connectivity index (χ4v) is 4.56. The van der Waals surface area contributed by atoms with Gasteiger partial charge in [0, 0.05) is 33.4 Å². The number of quaternary nitrogens is 1. The molecule has 0 aliphatic carbocycles. The highest BCUT2D eigenvalue weighted by Crippen LogP contribution is 2.52. The van der Waals surface area contributed by atoms with E-state index in [-0.39, 0.29) is 0 Å². The van der Waals surface area contributed by atoms with Gasteiger partial charge in [-0.05, 0) is 42.5 Å². The minimum absolute atomic E-state index is 0.563. The number of hydrogen-bond acceptors (Lipinski definition) is 2. The van der Waals surface area contributed by atoms with Gasteiger partial charge in [0.05, 0.1) is 11.1 Å². The lowest BCUT2D eigenvalue weighted by Gasteiger charge is -2.42. The molecule has 0 saturated heterocycles. The molecular weight excluding hydrogens is 368 g/mol. The standard InChI is InChI=1S/C24H15ClN2O/c25-17-9-11-18(12-10-17)26-14-13-21-20-7-3-4-8-22(20)27(28)15-16-5-1-2-6-19(16)23(26)24(21)27/h1-15H. The molecule has 0 aromatic heterocycles. The van der Waals surface area contributed by atoms with Gasteiger partial charge in [0.1, 0.15) is 11.9 Å². The van der Waals surface area contributed by atoms with E-state index in [4.69, 9.17) is 11.6 Å². The molecule has 3 aliphatic rings. The van der Waals surface area contributed by atoms with Crippen molar-refractivity contribution in [3.05, 3.63) is 117 Å². The van der Waals surface area contributed by atoms with Crippen LogP contribution in [-0.4, -0.2) is 0 Å². The van der Waals surface area contributed by atoms with Crippen LogP contribution in [0.25, 0.3) is 17.5 Å². The van der Waals surface area contributed by atoms with Gasteiger partial charge in [0.25, 0.3) is 0 Å². The minimum atomic E-state index is -0.563. The molecule has 0 bridgehead atoms. The van der Waals surface area contributed by atoms with Crippen LogP contribution in [-0.2, 0) is 0 Å². The fourth-order valence-electron chi connectivity index (χ4n) is 4.44. The maximum atomic E-state index is 14.2. The number of anilines is 1. The summed E-state index contributed by atoms with van der Waals surface area (Å²) in [6.07, 6.45) is 5.91. The predicted molar refractivity (Wildman–Crippen MR) is 115 cm³/mol. The lowest BCUT2D eigenvalue weighted by atomic mass is 9.99. The van der Waals surface area contributed by atoms with Crippen molar-refractivity contribution >= 4 is 40.4 Å². The Hall–Kier alpha value is -3.11. The summed E-state index contributed by atoms with van der Waals surface area (Å²) in [4.78, 5) is 2.10. The van der Waals surface area contributed by atoms with Crippen molar-refractivity contribution in [3.8, 4) is 0 Å². The third-order valence-electron chi connectivity index (χ3n) is 5.64. The molecule has 3 heterocycles. The third-order valence-corrected chi connectivity index (χ3v) is 5.89. The highest BCUT2D eigenvalue weighted by Gasteiger charge is 2.45. The zero-order valence-electron chi connectivity index (χ0n) is 14.8. The van der Waals surface area contributed by atoms with E-state index in [1.54, 1.807) is 0 Å². The average molecular weight is 383 g/mol. The van der Waals surface area contributed by atoms with Crippen molar-refractivity contribution in [2.24, 2.45) is 0 Å². The van der Waals surface area contributed by atoms with Gasteiger partial charge in [-0.2, -0.15) is 0 Å². The van der Waals surface area contributed by atoms with Crippen molar-refractivity contribution in [3.63, 3.8) is 0 Å². The van der Waals surface area contributed by atoms with Crippen LogP contribution in [0.15, 0.2) is 90.8 Å². The van der Waals surface area contributed by atoms with Crippen LogP contribution in [0.1, 0.15) is 5.56 Å². The molecule has 134 valence electrons. The van der Waals surface area contributed by atoms with Gasteiger partial charge >= 0.3 is 0 Å². The van der Waals surface area contributed by atoms with Crippen molar-refractivity contribution < 1.29 is 0 Å². The smallest absolute Gasteiger partial charge is 0.175 e. The Kier molecular flexibility index (Phi) is 3.10. The first-order chi connectivity index (χ1) is 13.7. The van der Waals surface area contributed by atoms with Gasteiger partial charge in [0.15, 0.2) is 11.4 Å². The van der Waals surface area contributed by atoms with E-state index in [9.17, 15) is 5.21 Å². The molecule has 6 rings (SSSR count). The Labute approximate surface area is 167 Å². The normalized spacial score (nSPS) is 21.2. The highest BCUT2D eigenvalue weighted by atomic mass is 35.5. The lowest BCUT2D eigenvalue weighted by Crippen LogP contribution is -2.49. The van der Waals surface area contributed by atoms with E-state index in [1.807, 2.05) is 85.2 Å². The molecule has 3 aromatic carbocycles. The number of halogens is 1. The highest BCUT2D eigenvalue weighted by molar-refractivity contribution is 6.30. The molecule has 3 nitrogen and oxygen atoms in total. The van der Waals surface area contributed by atoms with Gasteiger partial charge in [-0.1, -0.05) is 41.9 Å². The molecule has 0 N–H and O–H groups in total. The maximum absolute atomic E-state index is 14.2. The van der Waals surface area contributed by atoms with E-state index in [0.29, 0.717) is 5.02 Å². The largest absolute Gasteiger partial charge is 0.617 e. The number of benzene rings is 3. The van der Waals surface area contributed by atoms with E-state index >= 15 is 0 Å². The number of nitrogens with zero attached hydrogens (tertiary/aromatic N) is 2. The fraction of sp³-hybridized carbons (Fsp3) is 0. The number of hydrogen-bond donors (Lipinski definition) is 0. The molecule has 28 heavy (non-hydrogen) atoms. The van der Waals surface area contributed by atoms with Gasteiger partial charge in [-0.25, -0.2) is 0 Å². The van der Waals surface area contributed by atoms with Crippen molar-refractivity contribution in [2.45, 2.75) is 0 Å². The quantitative estimate of drug-likeness (QED) is 0.458. The summed E-state index contributed by atoms with van der Waals surface area (Å²) in [6.45, 7) is 0. The number of rotatable bonds is 1. The van der Waals surface area contributed by atoms with Gasteiger partial charge in [0.2, 0.25) is 0 Å². The van der Waals surface area contributed by atoms with Gasteiger partial charge in [-0.3, -0.25) is 4.65 Å². The second-order valence-electron chi connectivity index (χ2n) is 7.16. The zero-order valence-corrected chi connectivity index (χ0v) is 15.6. The Morgan fingerprint density at radius 2 is 1.61 bits per heavy atom. The van der Waals surface area contributed by atoms with Crippen LogP contribution in [0.4, 0.5) is 11.4 Å². The topological polar surface area (TPSA) is 26.3 Å². The first-order valence-electron chi connectivity index (χ1n) is 9.17. The first-order valence-corrected chi connectivity index (χ1v) is 9.55. The van der Waals surface area contributed by atoms with Crippen LogP contribution < -0.4 is 20.0 Å². The molecule has 0 spiro atoms. The molecular formula is C24H15ClN2O. The van der Waals surface area contributed by atoms with Crippen molar-refractivity contribution in [2.75, 3.05) is 4.90 Å². The summed E-state index contributed by atoms with van der Waals surface area (Å²) in [5, 5.41) is 16.9. The number of allylic oxidation sites excluding steroid dienone is 2. The number of fused-ring (bicyclic) bond motifs is 4. The van der Waals surface area contributed by atoms with Gasteiger partial charge in [-0.15, -0.1) is 0 Å². The summed E-state index contributed by atoms with van der Waals surface area (Å²) in [5.74, 6) is 0. The maximum Gasteiger partial charge on any atom is 0.175 e. The van der Waals surface area contributed by atoms with Crippen LogP contribution in [0.5, 0.6) is 0 Å². The number of para-hydroxylation sites is 1. The minimum Gasteiger partial charge on any atom is -0.617 e. The van der Waals surface area contributed by atoms with Crippen molar-refractivity contribution in [1.29, 1.82) is 0 Å². The SMILES string of the molecule is [O-][N+]12C=c3ccccc3=C3C1=C(C=CN3c1ccc(Cl)cc1)c1ccccc12. The summed E-state index contributed by atoms with van der Waals surface area (Å²) in [6, 6.07) is 23.7. The lowest BCUT2D eigenvalue weighted by molar-refractivity contribution is 0.682. The first kappa shape index (κ1) is 15.9. The van der Waals surface area contributed by atoms with Crippen molar-refractivity contribution in [1.82, 2.24) is 4.65 Å². The molecule has 3 aliphatic heterocycles. The Morgan fingerprint density at radius 1 is 0.857 bits per heavy atom. The summed E-state index contributed by atoms with van der Waals surface area (Å²) in [7, 11) is 0. The van der Waals surface area contributed by atoms with Crippen LogP contribution in [0.2, 0.25) is 5.02 Å². The summed E-state index contributed by atoms with van der Waals surface area (Å²) in [5.41, 5.74) is 5.45. The molecule has 0 radical (unpaired) electrons.